The van der Waals surface area contributed by atoms with Crippen LogP contribution in [0.15, 0.2) is 36.8 Å². The van der Waals surface area contributed by atoms with E-state index in [2.05, 4.69) is 25.2 Å². The number of nitrogens with zero attached hydrogens (tertiary/aromatic N) is 4. The zero-order valence-electron chi connectivity index (χ0n) is 13.4. The fourth-order valence-corrected chi connectivity index (χ4v) is 3.86. The van der Waals surface area contributed by atoms with Crippen molar-refractivity contribution in [3.63, 3.8) is 0 Å². The molecule has 23 heavy (non-hydrogen) atoms. The Hall–Kier alpha value is -1.85. The van der Waals surface area contributed by atoms with Gasteiger partial charge < -0.3 is 5.32 Å². The number of aromatic nitrogens is 3. The third-order valence-corrected chi connectivity index (χ3v) is 5.08. The van der Waals surface area contributed by atoms with Crippen LogP contribution in [0.25, 0.3) is 11.5 Å². The lowest BCUT2D eigenvalue weighted by molar-refractivity contribution is 0.199. The zero-order valence-corrected chi connectivity index (χ0v) is 13.4. The molecule has 0 saturated carbocycles. The van der Waals surface area contributed by atoms with Gasteiger partial charge in [-0.2, -0.15) is 0 Å². The maximum absolute atomic E-state index is 4.48. The molecule has 1 N–H and O–H groups in total. The van der Waals surface area contributed by atoms with E-state index in [1.807, 2.05) is 30.6 Å². The summed E-state index contributed by atoms with van der Waals surface area (Å²) in [6.07, 6.45) is 9.66. The lowest BCUT2D eigenvalue weighted by Crippen LogP contribution is -2.41. The van der Waals surface area contributed by atoms with E-state index in [1.165, 1.54) is 51.0 Å². The summed E-state index contributed by atoms with van der Waals surface area (Å²) >= 11 is 0. The third kappa shape index (κ3) is 3.26. The Kier molecular flexibility index (Phi) is 4.06. The van der Waals surface area contributed by atoms with Gasteiger partial charge in [-0.25, -0.2) is 9.97 Å². The van der Waals surface area contributed by atoms with Crippen molar-refractivity contribution in [3.05, 3.63) is 42.4 Å². The van der Waals surface area contributed by atoms with Gasteiger partial charge in [-0.05, 0) is 49.9 Å². The third-order valence-electron chi connectivity index (χ3n) is 5.08. The highest BCUT2D eigenvalue weighted by molar-refractivity contribution is 5.47. The minimum atomic E-state index is 0.507. The van der Waals surface area contributed by atoms with E-state index < -0.39 is 0 Å². The number of hydrogen-bond donors (Lipinski definition) is 1. The highest BCUT2D eigenvalue weighted by atomic mass is 15.2. The summed E-state index contributed by atoms with van der Waals surface area (Å²) < 4.78 is 0. The molecule has 4 rings (SSSR count). The first-order chi connectivity index (χ1) is 11.3. The lowest BCUT2D eigenvalue weighted by atomic mass is 9.80. The van der Waals surface area contributed by atoms with Gasteiger partial charge in [0.05, 0.1) is 0 Å². The second-order valence-electron chi connectivity index (χ2n) is 6.87. The molecule has 2 aliphatic heterocycles. The molecule has 1 atom stereocenters. The number of hydrogen-bond acceptors (Lipinski definition) is 5. The van der Waals surface area contributed by atoms with Gasteiger partial charge in [0.2, 0.25) is 0 Å². The van der Waals surface area contributed by atoms with Crippen molar-refractivity contribution >= 4 is 0 Å². The largest absolute Gasteiger partial charge is 0.316 e. The van der Waals surface area contributed by atoms with Crippen LogP contribution in [0.3, 0.4) is 0 Å². The topological polar surface area (TPSA) is 53.9 Å². The summed E-state index contributed by atoms with van der Waals surface area (Å²) in [5, 5.41) is 3.57. The van der Waals surface area contributed by atoms with Crippen LogP contribution < -0.4 is 5.32 Å². The summed E-state index contributed by atoms with van der Waals surface area (Å²) in [6.45, 7) is 5.69. The molecule has 0 radical (unpaired) electrons. The van der Waals surface area contributed by atoms with Gasteiger partial charge in [-0.15, -0.1) is 0 Å². The molecule has 1 spiro atoms. The summed E-state index contributed by atoms with van der Waals surface area (Å²) in [5.41, 5.74) is 2.52. The van der Waals surface area contributed by atoms with Crippen molar-refractivity contribution < 1.29 is 0 Å². The molecule has 120 valence electrons. The fourth-order valence-electron chi connectivity index (χ4n) is 3.86. The molecule has 2 saturated heterocycles. The average molecular weight is 309 g/mol. The molecule has 0 bridgehead atoms. The number of pyridine rings is 1. The van der Waals surface area contributed by atoms with Crippen molar-refractivity contribution in [1.82, 2.24) is 25.2 Å². The Morgan fingerprint density at radius 1 is 1.13 bits per heavy atom. The molecular formula is C18H23N5. The van der Waals surface area contributed by atoms with Gasteiger partial charge in [0, 0.05) is 43.8 Å². The molecule has 1 unspecified atom stereocenters. The SMILES string of the molecule is c1ccc(-c2ncc(CN3CCC4(CCCNC4)C3)cn2)nc1. The molecule has 0 aromatic carbocycles. The Morgan fingerprint density at radius 2 is 2.04 bits per heavy atom. The maximum atomic E-state index is 4.48. The molecule has 4 heterocycles. The fraction of sp³-hybridized carbons (Fsp3) is 0.500. The normalized spacial score (nSPS) is 25.0. The molecule has 2 aromatic heterocycles. The van der Waals surface area contributed by atoms with E-state index >= 15 is 0 Å². The van der Waals surface area contributed by atoms with Gasteiger partial charge in [0.1, 0.15) is 5.69 Å². The number of nitrogens with one attached hydrogen (secondary N) is 1. The van der Waals surface area contributed by atoms with Crippen molar-refractivity contribution in [2.45, 2.75) is 25.8 Å². The van der Waals surface area contributed by atoms with Crippen molar-refractivity contribution in [1.29, 1.82) is 0 Å². The Labute approximate surface area is 137 Å². The molecule has 0 aliphatic carbocycles. The Bertz CT molecular complexity index is 634. The van der Waals surface area contributed by atoms with Gasteiger partial charge in [-0.1, -0.05) is 6.07 Å². The quantitative estimate of drug-likeness (QED) is 0.941. The van der Waals surface area contributed by atoms with Crippen LogP contribution in [0, 0.1) is 5.41 Å². The lowest BCUT2D eigenvalue weighted by Gasteiger charge is -2.34. The summed E-state index contributed by atoms with van der Waals surface area (Å²) in [7, 11) is 0. The van der Waals surface area contributed by atoms with Gasteiger partial charge in [0.25, 0.3) is 0 Å². The minimum absolute atomic E-state index is 0.507. The van der Waals surface area contributed by atoms with Crippen LogP contribution in [0.1, 0.15) is 24.8 Å². The summed E-state index contributed by atoms with van der Waals surface area (Å²) in [4.78, 5) is 15.8. The minimum Gasteiger partial charge on any atom is -0.316 e. The number of rotatable bonds is 3. The highest BCUT2D eigenvalue weighted by Gasteiger charge is 2.38. The molecular weight excluding hydrogens is 286 g/mol. The Morgan fingerprint density at radius 3 is 2.78 bits per heavy atom. The second-order valence-corrected chi connectivity index (χ2v) is 6.87. The van der Waals surface area contributed by atoms with E-state index in [0.717, 1.165) is 12.2 Å². The van der Waals surface area contributed by atoms with Crippen molar-refractivity contribution in [2.75, 3.05) is 26.2 Å². The van der Waals surface area contributed by atoms with Crippen molar-refractivity contribution in [3.8, 4) is 11.5 Å². The molecule has 2 fully saturated rings. The number of piperidine rings is 1. The van der Waals surface area contributed by atoms with E-state index in [4.69, 9.17) is 0 Å². The van der Waals surface area contributed by atoms with Gasteiger partial charge in [0.15, 0.2) is 5.82 Å². The average Bonchev–Trinajstić information content (AvgIpc) is 2.99. The van der Waals surface area contributed by atoms with Crippen LogP contribution in [0.5, 0.6) is 0 Å². The molecule has 5 heteroatoms. The van der Waals surface area contributed by atoms with Crippen LogP contribution in [0.4, 0.5) is 0 Å². The Balaban J connectivity index is 1.40. The second kappa shape index (κ2) is 6.34. The first-order valence-corrected chi connectivity index (χ1v) is 8.48. The smallest absolute Gasteiger partial charge is 0.178 e. The molecule has 2 aromatic rings. The van der Waals surface area contributed by atoms with E-state index in [0.29, 0.717) is 11.2 Å². The predicted octanol–water partition coefficient (Wildman–Crippen LogP) is 2.11. The standard InChI is InChI=1S/C18H23N5/c1-2-8-20-16(4-1)17-21-10-15(11-22-17)12-23-9-6-18(14-23)5-3-7-19-13-18/h1-2,4,8,10-11,19H,3,5-7,9,12-14H2. The van der Waals surface area contributed by atoms with E-state index in [9.17, 15) is 0 Å². The van der Waals surface area contributed by atoms with Gasteiger partial charge in [-0.3, -0.25) is 9.88 Å². The van der Waals surface area contributed by atoms with Crippen LogP contribution >= 0.6 is 0 Å². The van der Waals surface area contributed by atoms with Gasteiger partial charge >= 0.3 is 0 Å². The van der Waals surface area contributed by atoms with Crippen LogP contribution in [0.2, 0.25) is 0 Å². The molecule has 2 aliphatic rings. The summed E-state index contributed by atoms with van der Waals surface area (Å²) in [5.74, 6) is 0.698. The molecule has 5 nitrogen and oxygen atoms in total. The van der Waals surface area contributed by atoms with Crippen LogP contribution in [-0.4, -0.2) is 46.0 Å². The summed E-state index contributed by atoms with van der Waals surface area (Å²) in [6, 6.07) is 5.80. The predicted molar refractivity (Wildman–Crippen MR) is 89.7 cm³/mol. The first kappa shape index (κ1) is 14.7. The van der Waals surface area contributed by atoms with E-state index in [1.54, 1.807) is 6.20 Å². The molecule has 0 amide bonds. The first-order valence-electron chi connectivity index (χ1n) is 8.48. The number of likely N-dealkylation sites (tertiary alicyclic amines) is 1. The van der Waals surface area contributed by atoms with Crippen molar-refractivity contribution in [2.24, 2.45) is 5.41 Å². The van der Waals surface area contributed by atoms with Crippen LogP contribution in [-0.2, 0) is 6.54 Å². The maximum Gasteiger partial charge on any atom is 0.178 e. The van der Waals surface area contributed by atoms with E-state index in [-0.39, 0.29) is 0 Å². The monoisotopic (exact) mass is 309 g/mol. The highest BCUT2D eigenvalue weighted by Crippen LogP contribution is 2.36. The zero-order chi connectivity index (χ0) is 15.5.